The van der Waals surface area contributed by atoms with E-state index >= 15 is 0 Å². The fourth-order valence-electron chi connectivity index (χ4n) is 7.02. The minimum atomic E-state index is -2.30. The molecule has 6 aromatic rings. The van der Waals surface area contributed by atoms with E-state index in [0.29, 0.717) is 72.6 Å². The lowest BCUT2D eigenvalue weighted by Crippen LogP contribution is -2.41. The highest BCUT2D eigenvalue weighted by Crippen LogP contribution is 2.41. The van der Waals surface area contributed by atoms with Crippen LogP contribution >= 0.6 is 7.14 Å². The zero-order chi connectivity index (χ0) is 42.2. The van der Waals surface area contributed by atoms with Crippen LogP contribution in [0.2, 0.25) is 0 Å². The van der Waals surface area contributed by atoms with Crippen LogP contribution in [0.15, 0.2) is 97.2 Å². The first kappa shape index (κ1) is 42.1. The van der Waals surface area contributed by atoms with Crippen molar-refractivity contribution in [3.05, 3.63) is 125 Å². The first-order valence-corrected chi connectivity index (χ1v) is 22.8. The number of nitrogens with zero attached hydrogens (tertiary/aromatic N) is 5. The van der Waals surface area contributed by atoms with Crippen LogP contribution in [0.4, 0.5) is 16.3 Å². The van der Waals surface area contributed by atoms with Gasteiger partial charge in [-0.25, -0.2) is 14.5 Å². The van der Waals surface area contributed by atoms with Crippen molar-refractivity contribution in [3.63, 3.8) is 0 Å². The van der Waals surface area contributed by atoms with E-state index in [1.54, 1.807) is 55.6 Å². The molecule has 1 fully saturated rings. The number of rotatable bonds is 15. The van der Waals surface area contributed by atoms with Crippen molar-refractivity contribution in [1.29, 1.82) is 0 Å². The molecule has 312 valence electrons. The number of fused-ring (bicyclic) bond motifs is 1. The number of carbonyl (C=O) groups is 2. The second kappa shape index (κ2) is 18.9. The van der Waals surface area contributed by atoms with E-state index in [-0.39, 0.29) is 11.8 Å². The fourth-order valence-corrected chi connectivity index (χ4v) is 8.09. The monoisotopic (exact) mass is 830 g/mol. The molecule has 14 nitrogen and oxygen atoms in total. The van der Waals surface area contributed by atoms with Gasteiger partial charge in [0.15, 0.2) is 0 Å². The molecule has 15 heteroatoms. The normalized spacial score (nSPS) is 13.3. The SMILES string of the molecule is COc1cc(Cc2nccc(Oc3ccc(NC(=O)Nc4cc(C(C)C)nn4-c4cccc(CP(C)(C)=O)c4)c4ccccc34)n2)cc(C(=O)NCCN2CCOCC2)c1. The zero-order valence-corrected chi connectivity index (χ0v) is 35.5. The van der Waals surface area contributed by atoms with Gasteiger partial charge in [-0.3, -0.25) is 15.0 Å². The molecule has 3 heterocycles. The van der Waals surface area contributed by atoms with Gasteiger partial charge in [-0.15, -0.1) is 0 Å². The summed E-state index contributed by atoms with van der Waals surface area (Å²) in [7, 11) is -0.728. The van der Waals surface area contributed by atoms with E-state index < -0.39 is 13.2 Å². The molecule has 0 saturated carbocycles. The number of benzene rings is 4. The van der Waals surface area contributed by atoms with E-state index in [1.807, 2.05) is 80.6 Å². The van der Waals surface area contributed by atoms with Gasteiger partial charge in [0.25, 0.3) is 5.91 Å². The number of morpholine rings is 1. The summed E-state index contributed by atoms with van der Waals surface area (Å²) in [5, 5.41) is 15.4. The summed E-state index contributed by atoms with van der Waals surface area (Å²) in [5.74, 6) is 2.39. The zero-order valence-electron chi connectivity index (χ0n) is 34.6. The van der Waals surface area contributed by atoms with Crippen LogP contribution in [-0.4, -0.2) is 96.4 Å². The first-order chi connectivity index (χ1) is 28.9. The van der Waals surface area contributed by atoms with Crippen molar-refractivity contribution in [2.75, 3.05) is 70.5 Å². The molecule has 60 heavy (non-hydrogen) atoms. The number of carbonyl (C=O) groups excluding carboxylic acids is 2. The standard InChI is InChI=1S/C45H51N8O6P/c1-30(2)39-28-42(53(51-39)34-10-8-9-31(24-34)29-60(4,5)56)50-45(55)48-38-13-14-40(37-12-7-6-11-36(37)38)59-43-15-16-46-41(49-43)26-32-23-33(27-35(25-32)57-3)44(54)47-17-18-52-19-21-58-22-20-52/h6-16,23-25,27-28,30H,17-22,26,29H2,1-5H3,(H,47,54)(H2,48,50,55). The van der Waals surface area contributed by atoms with E-state index in [9.17, 15) is 14.2 Å². The number of aromatic nitrogens is 4. The van der Waals surface area contributed by atoms with Crippen LogP contribution < -0.4 is 25.4 Å². The molecule has 4 aromatic carbocycles. The number of amides is 3. The smallest absolute Gasteiger partial charge is 0.324 e. The number of hydrogen-bond acceptors (Lipinski definition) is 10. The van der Waals surface area contributed by atoms with Gasteiger partial charge in [0.05, 0.1) is 44.5 Å². The van der Waals surface area contributed by atoms with Crippen LogP contribution in [0.3, 0.4) is 0 Å². The molecule has 1 saturated heterocycles. The highest BCUT2D eigenvalue weighted by atomic mass is 31.2. The van der Waals surface area contributed by atoms with E-state index in [2.05, 4.69) is 25.8 Å². The molecule has 2 aromatic heterocycles. The molecule has 7 rings (SSSR count). The van der Waals surface area contributed by atoms with Gasteiger partial charge in [0.2, 0.25) is 5.88 Å². The van der Waals surface area contributed by atoms with Crippen LogP contribution in [0, 0.1) is 0 Å². The van der Waals surface area contributed by atoms with Crippen LogP contribution in [0.1, 0.15) is 52.8 Å². The van der Waals surface area contributed by atoms with Gasteiger partial charge in [-0.2, -0.15) is 10.1 Å². The van der Waals surface area contributed by atoms with Crippen molar-refractivity contribution >= 4 is 41.4 Å². The van der Waals surface area contributed by atoms with E-state index in [4.69, 9.17) is 24.3 Å². The van der Waals surface area contributed by atoms with Crippen molar-refractivity contribution in [3.8, 4) is 23.1 Å². The van der Waals surface area contributed by atoms with Gasteiger partial charge in [0, 0.05) is 73.4 Å². The van der Waals surface area contributed by atoms with Gasteiger partial charge < -0.3 is 29.4 Å². The van der Waals surface area contributed by atoms with Crippen molar-refractivity contribution in [1.82, 2.24) is 30.0 Å². The van der Waals surface area contributed by atoms with Gasteiger partial charge in [0.1, 0.15) is 23.1 Å². The molecular formula is C45H51N8O6P. The lowest BCUT2D eigenvalue weighted by atomic mass is 10.1. The maximum Gasteiger partial charge on any atom is 0.324 e. The third kappa shape index (κ3) is 10.9. The van der Waals surface area contributed by atoms with Crippen LogP contribution in [0.25, 0.3) is 16.5 Å². The Labute approximate surface area is 350 Å². The predicted molar refractivity (Wildman–Crippen MR) is 235 cm³/mol. The summed E-state index contributed by atoms with van der Waals surface area (Å²) in [5.41, 5.74) is 4.40. The predicted octanol–water partition coefficient (Wildman–Crippen LogP) is 8.16. The number of urea groups is 1. The number of nitrogens with one attached hydrogen (secondary N) is 3. The Bertz CT molecular complexity index is 2530. The molecule has 0 spiro atoms. The summed E-state index contributed by atoms with van der Waals surface area (Å²) in [6, 6.07) is 27.5. The Morgan fingerprint density at radius 2 is 1.70 bits per heavy atom. The number of methoxy groups -OCH3 is 1. The van der Waals surface area contributed by atoms with Gasteiger partial charge >= 0.3 is 6.03 Å². The third-order valence-electron chi connectivity index (χ3n) is 9.95. The van der Waals surface area contributed by atoms with Crippen LogP contribution in [-0.2, 0) is 21.9 Å². The van der Waals surface area contributed by atoms with E-state index in [1.165, 1.54) is 0 Å². The van der Waals surface area contributed by atoms with Gasteiger partial charge in [-0.05, 0) is 72.8 Å². The Hall–Kier alpha value is -6.08. The Kier molecular flexibility index (Phi) is 13.2. The summed E-state index contributed by atoms with van der Waals surface area (Å²) in [4.78, 5) is 38.2. The maximum atomic E-state index is 13.6. The topological polar surface area (TPSA) is 162 Å². The Morgan fingerprint density at radius 3 is 2.47 bits per heavy atom. The number of hydrogen-bond donors (Lipinski definition) is 3. The second-order valence-corrected chi connectivity index (χ2v) is 19.0. The Balaban J connectivity index is 1.05. The number of ether oxygens (including phenoxy) is 3. The third-order valence-corrected chi connectivity index (χ3v) is 11.1. The quantitative estimate of drug-likeness (QED) is 0.0862. The molecule has 1 aliphatic heterocycles. The van der Waals surface area contributed by atoms with Crippen molar-refractivity contribution in [2.45, 2.75) is 32.3 Å². The average molecular weight is 831 g/mol. The van der Waals surface area contributed by atoms with Crippen molar-refractivity contribution < 1.29 is 28.4 Å². The summed E-state index contributed by atoms with van der Waals surface area (Å²) < 4.78 is 31.6. The molecule has 0 atom stereocenters. The molecule has 0 radical (unpaired) electrons. The molecule has 0 unspecified atom stereocenters. The molecule has 1 aliphatic rings. The molecular weight excluding hydrogens is 780 g/mol. The Morgan fingerprint density at radius 1 is 0.900 bits per heavy atom. The summed E-state index contributed by atoms with van der Waals surface area (Å²) in [6.45, 7) is 12.1. The molecule has 3 amide bonds. The summed E-state index contributed by atoms with van der Waals surface area (Å²) >= 11 is 0. The highest BCUT2D eigenvalue weighted by molar-refractivity contribution is 7.61. The lowest BCUT2D eigenvalue weighted by Gasteiger charge is -2.26. The van der Waals surface area contributed by atoms with E-state index in [0.717, 1.165) is 52.9 Å². The van der Waals surface area contributed by atoms with Crippen molar-refractivity contribution in [2.24, 2.45) is 0 Å². The van der Waals surface area contributed by atoms with Gasteiger partial charge in [-0.1, -0.05) is 50.2 Å². The fraction of sp³-hybridized carbons (Fsp3) is 0.311. The second-order valence-electron chi connectivity index (χ2n) is 15.5. The highest BCUT2D eigenvalue weighted by Gasteiger charge is 2.19. The summed E-state index contributed by atoms with van der Waals surface area (Å²) in [6.07, 6.45) is 2.44. The lowest BCUT2D eigenvalue weighted by molar-refractivity contribution is 0.0383. The van der Waals surface area contributed by atoms with Crippen LogP contribution in [0.5, 0.6) is 17.4 Å². The first-order valence-electron chi connectivity index (χ1n) is 20.0. The largest absolute Gasteiger partial charge is 0.497 e. The minimum absolute atomic E-state index is 0.121. The average Bonchev–Trinajstić information content (AvgIpc) is 3.65. The molecule has 0 bridgehead atoms. The molecule has 0 aliphatic carbocycles. The maximum absolute atomic E-state index is 13.6. The molecule has 3 N–H and O–H groups in total. The minimum Gasteiger partial charge on any atom is -0.497 e. The number of anilines is 2.